The van der Waals surface area contributed by atoms with E-state index in [1.807, 2.05) is 12.2 Å². The highest BCUT2D eigenvalue weighted by Crippen LogP contribution is 2.22. The second-order valence-electron chi connectivity index (χ2n) is 4.08. The van der Waals surface area contributed by atoms with Crippen molar-refractivity contribution in [2.45, 2.75) is 6.17 Å². The van der Waals surface area contributed by atoms with Gasteiger partial charge in [0.1, 0.15) is 5.92 Å². The molecule has 0 saturated carbocycles. The smallest absolute Gasteiger partial charge is 0.116 e. The fourth-order valence-corrected chi connectivity index (χ4v) is 2.12. The summed E-state index contributed by atoms with van der Waals surface area (Å²) in [4.78, 5) is 0. The van der Waals surface area contributed by atoms with Crippen molar-refractivity contribution in [1.29, 1.82) is 5.26 Å². The highest BCUT2D eigenvalue weighted by atomic mass is 15.2. The molecule has 1 fully saturated rings. The van der Waals surface area contributed by atoms with Crippen LogP contribution in [0.1, 0.15) is 0 Å². The lowest BCUT2D eigenvalue weighted by molar-refractivity contribution is 0.474. The van der Waals surface area contributed by atoms with Crippen LogP contribution in [0.15, 0.2) is 24.3 Å². The Morgan fingerprint density at radius 2 is 1.81 bits per heavy atom. The fourth-order valence-electron chi connectivity index (χ4n) is 2.12. The molecular formula is C13H15N3. The van der Waals surface area contributed by atoms with Crippen LogP contribution in [-0.4, -0.2) is 19.3 Å². The lowest BCUT2D eigenvalue weighted by atomic mass is 9.86. The summed E-state index contributed by atoms with van der Waals surface area (Å²) in [5.74, 6) is 2.58. The summed E-state index contributed by atoms with van der Waals surface area (Å²) >= 11 is 0. The quantitative estimate of drug-likeness (QED) is 0.522. The van der Waals surface area contributed by atoms with E-state index in [0.717, 1.165) is 13.1 Å². The van der Waals surface area contributed by atoms with Crippen LogP contribution in [0.2, 0.25) is 0 Å². The molecule has 3 heteroatoms. The average molecular weight is 213 g/mol. The topological polar surface area (TPSA) is 47.9 Å². The van der Waals surface area contributed by atoms with Gasteiger partial charge in [0.2, 0.25) is 0 Å². The second kappa shape index (κ2) is 4.99. The van der Waals surface area contributed by atoms with Gasteiger partial charge in [0.15, 0.2) is 0 Å². The normalized spacial score (nSPS) is 30.9. The molecule has 1 atom stereocenters. The van der Waals surface area contributed by atoms with Gasteiger partial charge in [0, 0.05) is 24.9 Å². The predicted octanol–water partition coefficient (Wildman–Crippen LogP) is 0.637. The molecule has 1 unspecified atom stereocenters. The van der Waals surface area contributed by atoms with Gasteiger partial charge < -0.3 is 0 Å². The number of allylic oxidation sites excluding steroid dienone is 2. The van der Waals surface area contributed by atoms with E-state index in [1.54, 1.807) is 0 Å². The number of hydrogen-bond acceptors (Lipinski definition) is 3. The number of terminal acetylenes is 1. The number of nitrogens with zero attached hydrogens (tertiary/aromatic N) is 1. The SMILES string of the molecule is C#CC(C#N)C1C=CC(C2NCCN2)C=C1. The van der Waals surface area contributed by atoms with Crippen LogP contribution in [0.3, 0.4) is 0 Å². The van der Waals surface area contributed by atoms with E-state index in [1.165, 1.54) is 0 Å². The number of rotatable bonds is 2. The zero-order valence-corrected chi connectivity index (χ0v) is 9.06. The first-order valence-corrected chi connectivity index (χ1v) is 5.54. The van der Waals surface area contributed by atoms with Crippen LogP contribution in [-0.2, 0) is 0 Å². The van der Waals surface area contributed by atoms with Crippen LogP contribution in [0.5, 0.6) is 0 Å². The summed E-state index contributed by atoms with van der Waals surface area (Å²) in [6.07, 6.45) is 14.0. The first-order valence-electron chi connectivity index (χ1n) is 5.54. The van der Waals surface area contributed by atoms with Gasteiger partial charge >= 0.3 is 0 Å². The lowest BCUT2D eigenvalue weighted by Gasteiger charge is -2.22. The average Bonchev–Trinajstić information content (AvgIpc) is 2.85. The lowest BCUT2D eigenvalue weighted by Crippen LogP contribution is -2.37. The maximum Gasteiger partial charge on any atom is 0.116 e. The first kappa shape index (κ1) is 11.0. The Kier molecular flexibility index (Phi) is 3.41. The van der Waals surface area contributed by atoms with E-state index in [9.17, 15) is 0 Å². The highest BCUT2D eigenvalue weighted by Gasteiger charge is 2.24. The Balaban J connectivity index is 1.98. The summed E-state index contributed by atoms with van der Waals surface area (Å²) < 4.78 is 0. The van der Waals surface area contributed by atoms with E-state index in [2.05, 4.69) is 34.8 Å². The van der Waals surface area contributed by atoms with Crippen molar-refractivity contribution in [1.82, 2.24) is 10.6 Å². The van der Waals surface area contributed by atoms with Gasteiger partial charge in [-0.1, -0.05) is 30.2 Å². The maximum atomic E-state index is 8.87. The zero-order valence-electron chi connectivity index (χ0n) is 9.06. The summed E-state index contributed by atoms with van der Waals surface area (Å²) in [6, 6.07) is 2.14. The summed E-state index contributed by atoms with van der Waals surface area (Å²) in [5.41, 5.74) is 0. The molecule has 1 aliphatic carbocycles. The van der Waals surface area contributed by atoms with Crippen LogP contribution >= 0.6 is 0 Å². The molecule has 0 aromatic rings. The predicted molar refractivity (Wildman–Crippen MR) is 63.0 cm³/mol. The Bertz CT molecular complexity index is 349. The summed E-state index contributed by atoms with van der Waals surface area (Å²) in [5, 5.41) is 15.6. The van der Waals surface area contributed by atoms with Crippen LogP contribution < -0.4 is 10.6 Å². The molecule has 0 aromatic carbocycles. The number of nitriles is 1. The van der Waals surface area contributed by atoms with Crippen molar-refractivity contribution in [3.05, 3.63) is 24.3 Å². The van der Waals surface area contributed by atoms with Crippen molar-refractivity contribution in [2.24, 2.45) is 17.8 Å². The third kappa shape index (κ3) is 2.17. The van der Waals surface area contributed by atoms with E-state index >= 15 is 0 Å². The molecule has 0 aromatic heterocycles. The van der Waals surface area contributed by atoms with Crippen molar-refractivity contribution in [2.75, 3.05) is 13.1 Å². The standard InChI is InChI=1S/C13H15N3/c1-2-10(9-14)11-3-5-12(6-4-11)13-15-7-8-16-13/h1,3-6,10-13,15-16H,7-8H2. The molecule has 16 heavy (non-hydrogen) atoms. The van der Waals surface area contributed by atoms with E-state index < -0.39 is 0 Å². The minimum atomic E-state index is -0.349. The van der Waals surface area contributed by atoms with Gasteiger partial charge in [-0.25, -0.2) is 0 Å². The minimum absolute atomic E-state index is 0.0626. The third-order valence-electron chi connectivity index (χ3n) is 3.05. The Morgan fingerprint density at radius 1 is 1.19 bits per heavy atom. The van der Waals surface area contributed by atoms with Gasteiger partial charge in [-0.3, -0.25) is 10.6 Å². The van der Waals surface area contributed by atoms with Crippen molar-refractivity contribution in [3.63, 3.8) is 0 Å². The van der Waals surface area contributed by atoms with Crippen molar-refractivity contribution in [3.8, 4) is 18.4 Å². The summed E-state index contributed by atoms with van der Waals surface area (Å²) in [7, 11) is 0. The van der Waals surface area contributed by atoms with Crippen LogP contribution in [0.25, 0.3) is 0 Å². The van der Waals surface area contributed by atoms with E-state index in [-0.39, 0.29) is 11.8 Å². The van der Waals surface area contributed by atoms with Gasteiger partial charge in [0.05, 0.1) is 12.2 Å². The molecule has 0 spiro atoms. The Morgan fingerprint density at radius 3 is 2.31 bits per heavy atom. The molecule has 0 amide bonds. The van der Waals surface area contributed by atoms with Crippen molar-refractivity contribution < 1.29 is 0 Å². The highest BCUT2D eigenvalue weighted by molar-refractivity contribution is 5.23. The molecule has 1 saturated heterocycles. The Hall–Kier alpha value is -1.55. The number of hydrogen-bond donors (Lipinski definition) is 2. The van der Waals surface area contributed by atoms with Gasteiger partial charge in [0.25, 0.3) is 0 Å². The molecule has 2 aliphatic rings. The number of nitrogens with one attached hydrogen (secondary N) is 2. The molecule has 2 rings (SSSR count). The molecule has 2 N–H and O–H groups in total. The Labute approximate surface area is 96.2 Å². The fraction of sp³-hybridized carbons (Fsp3) is 0.462. The molecule has 1 heterocycles. The molecule has 82 valence electrons. The minimum Gasteiger partial charge on any atom is -0.300 e. The molecule has 0 radical (unpaired) electrons. The van der Waals surface area contributed by atoms with Crippen LogP contribution in [0.4, 0.5) is 0 Å². The largest absolute Gasteiger partial charge is 0.300 e. The molecular weight excluding hydrogens is 198 g/mol. The third-order valence-corrected chi connectivity index (χ3v) is 3.05. The van der Waals surface area contributed by atoms with Crippen molar-refractivity contribution >= 4 is 0 Å². The molecule has 3 nitrogen and oxygen atoms in total. The maximum absolute atomic E-state index is 8.87. The van der Waals surface area contributed by atoms with Gasteiger partial charge in [-0.15, -0.1) is 6.42 Å². The molecule has 1 aliphatic heterocycles. The molecule has 0 bridgehead atoms. The van der Waals surface area contributed by atoms with E-state index in [0.29, 0.717) is 12.1 Å². The van der Waals surface area contributed by atoms with Crippen LogP contribution in [0, 0.1) is 41.4 Å². The monoisotopic (exact) mass is 213 g/mol. The zero-order chi connectivity index (χ0) is 11.4. The second-order valence-corrected chi connectivity index (χ2v) is 4.08. The van der Waals surface area contributed by atoms with Gasteiger partial charge in [-0.05, 0) is 0 Å². The van der Waals surface area contributed by atoms with E-state index in [4.69, 9.17) is 11.7 Å². The summed E-state index contributed by atoms with van der Waals surface area (Å²) in [6.45, 7) is 2.02. The first-order chi connectivity index (χ1) is 7.85. The van der Waals surface area contributed by atoms with Gasteiger partial charge in [-0.2, -0.15) is 5.26 Å².